The van der Waals surface area contributed by atoms with E-state index in [1.54, 1.807) is 0 Å². The lowest BCUT2D eigenvalue weighted by Crippen LogP contribution is -2.22. The highest BCUT2D eigenvalue weighted by molar-refractivity contribution is 4.84. The fourth-order valence-corrected chi connectivity index (χ4v) is 5.11. The SMILES string of the molecule is C(CCCCC1OC1CCCCCCCCOC1CCCCO1)CCCOC1CCCCO1. The Bertz CT molecular complexity index is 408. The van der Waals surface area contributed by atoms with Gasteiger partial charge in [-0.25, -0.2) is 0 Å². The Morgan fingerprint density at radius 2 is 0.909 bits per heavy atom. The summed E-state index contributed by atoms with van der Waals surface area (Å²) in [7, 11) is 0. The summed E-state index contributed by atoms with van der Waals surface area (Å²) in [6, 6.07) is 0. The third-order valence-corrected chi connectivity index (χ3v) is 7.34. The number of hydrogen-bond acceptors (Lipinski definition) is 5. The smallest absolute Gasteiger partial charge is 0.157 e. The lowest BCUT2D eigenvalue weighted by Gasteiger charge is -2.22. The lowest BCUT2D eigenvalue weighted by molar-refractivity contribution is -0.163. The van der Waals surface area contributed by atoms with Crippen molar-refractivity contribution in [3.05, 3.63) is 0 Å². The van der Waals surface area contributed by atoms with Gasteiger partial charge in [0, 0.05) is 26.4 Å². The Kier molecular flexibility index (Phi) is 15.0. The van der Waals surface area contributed by atoms with E-state index in [0.29, 0.717) is 12.2 Å². The molecule has 3 aliphatic rings. The first-order valence-electron chi connectivity index (χ1n) is 14.5. The molecule has 5 heteroatoms. The molecular formula is C28H52O5. The second-order valence-corrected chi connectivity index (χ2v) is 10.4. The van der Waals surface area contributed by atoms with Crippen molar-refractivity contribution < 1.29 is 23.7 Å². The number of hydrogen-bond donors (Lipinski definition) is 0. The van der Waals surface area contributed by atoms with E-state index in [1.807, 2.05) is 0 Å². The first kappa shape index (κ1) is 27.4. The van der Waals surface area contributed by atoms with Crippen LogP contribution in [0.2, 0.25) is 0 Å². The number of epoxide rings is 1. The van der Waals surface area contributed by atoms with E-state index < -0.39 is 0 Å². The molecule has 4 unspecified atom stereocenters. The van der Waals surface area contributed by atoms with Crippen LogP contribution < -0.4 is 0 Å². The molecule has 0 amide bonds. The van der Waals surface area contributed by atoms with Gasteiger partial charge in [-0.15, -0.1) is 0 Å². The highest BCUT2D eigenvalue weighted by atomic mass is 16.7. The van der Waals surface area contributed by atoms with E-state index in [2.05, 4.69) is 0 Å². The van der Waals surface area contributed by atoms with Crippen LogP contribution in [0.4, 0.5) is 0 Å². The van der Waals surface area contributed by atoms with Gasteiger partial charge in [-0.05, 0) is 64.2 Å². The molecule has 3 heterocycles. The van der Waals surface area contributed by atoms with Gasteiger partial charge >= 0.3 is 0 Å². The number of unbranched alkanes of at least 4 members (excludes halogenated alkanes) is 10. The summed E-state index contributed by atoms with van der Waals surface area (Å²) in [5.41, 5.74) is 0. The van der Waals surface area contributed by atoms with Crippen LogP contribution in [-0.2, 0) is 23.7 Å². The molecule has 3 rings (SSSR count). The second kappa shape index (κ2) is 18.1. The molecule has 0 aliphatic carbocycles. The van der Waals surface area contributed by atoms with Gasteiger partial charge in [-0.1, -0.05) is 64.2 Å². The fourth-order valence-electron chi connectivity index (χ4n) is 5.11. The van der Waals surface area contributed by atoms with Crippen molar-refractivity contribution in [3.8, 4) is 0 Å². The maximum atomic E-state index is 5.89. The van der Waals surface area contributed by atoms with Crippen LogP contribution in [0.15, 0.2) is 0 Å². The van der Waals surface area contributed by atoms with Crippen LogP contribution in [0.5, 0.6) is 0 Å². The molecule has 3 aliphatic heterocycles. The average Bonchev–Trinajstić information content (AvgIpc) is 3.61. The summed E-state index contributed by atoms with van der Waals surface area (Å²) in [4.78, 5) is 0. The number of rotatable bonds is 20. The molecule has 0 aromatic carbocycles. The zero-order chi connectivity index (χ0) is 22.8. The summed E-state index contributed by atoms with van der Waals surface area (Å²) >= 11 is 0. The maximum absolute atomic E-state index is 5.89. The normalized spacial score (nSPS) is 27.6. The van der Waals surface area contributed by atoms with Gasteiger partial charge in [0.15, 0.2) is 12.6 Å². The second-order valence-electron chi connectivity index (χ2n) is 10.4. The van der Waals surface area contributed by atoms with E-state index in [9.17, 15) is 0 Å². The first-order chi connectivity index (χ1) is 16.4. The predicted octanol–water partition coefficient (Wildman–Crippen LogP) is 7.30. The minimum Gasteiger partial charge on any atom is -0.370 e. The molecule has 5 nitrogen and oxygen atoms in total. The van der Waals surface area contributed by atoms with Crippen molar-refractivity contribution >= 4 is 0 Å². The van der Waals surface area contributed by atoms with Gasteiger partial charge in [0.1, 0.15) is 0 Å². The van der Waals surface area contributed by atoms with E-state index in [1.165, 1.54) is 116 Å². The molecule has 0 aromatic heterocycles. The molecule has 0 spiro atoms. The third kappa shape index (κ3) is 13.5. The first-order valence-corrected chi connectivity index (χ1v) is 14.5. The van der Waals surface area contributed by atoms with Gasteiger partial charge in [0.05, 0.1) is 12.2 Å². The maximum Gasteiger partial charge on any atom is 0.157 e. The Morgan fingerprint density at radius 3 is 1.33 bits per heavy atom. The molecular weight excluding hydrogens is 416 g/mol. The summed E-state index contributed by atoms with van der Waals surface area (Å²) in [6.45, 7) is 3.49. The highest BCUT2D eigenvalue weighted by Gasteiger charge is 2.36. The summed E-state index contributed by atoms with van der Waals surface area (Å²) in [5.74, 6) is 0. The van der Waals surface area contributed by atoms with Gasteiger partial charge in [-0.2, -0.15) is 0 Å². The Morgan fingerprint density at radius 1 is 0.485 bits per heavy atom. The third-order valence-electron chi connectivity index (χ3n) is 7.34. The monoisotopic (exact) mass is 468 g/mol. The van der Waals surface area contributed by atoms with Gasteiger partial charge < -0.3 is 23.7 Å². The fraction of sp³-hybridized carbons (Fsp3) is 1.00. The molecule has 194 valence electrons. The zero-order valence-corrected chi connectivity index (χ0v) is 21.3. The van der Waals surface area contributed by atoms with Crippen molar-refractivity contribution in [1.82, 2.24) is 0 Å². The van der Waals surface area contributed by atoms with Crippen LogP contribution in [0, 0.1) is 0 Å². The molecule has 0 radical (unpaired) electrons. The van der Waals surface area contributed by atoms with E-state index in [4.69, 9.17) is 23.7 Å². The number of ether oxygens (including phenoxy) is 5. The van der Waals surface area contributed by atoms with E-state index in [-0.39, 0.29) is 12.6 Å². The van der Waals surface area contributed by atoms with E-state index in [0.717, 1.165) is 39.3 Å². The lowest BCUT2D eigenvalue weighted by atomic mass is 10.0. The molecule has 33 heavy (non-hydrogen) atoms. The Labute approximate surface area is 203 Å². The topological polar surface area (TPSA) is 49.5 Å². The predicted molar refractivity (Wildman–Crippen MR) is 132 cm³/mol. The zero-order valence-electron chi connectivity index (χ0n) is 21.3. The summed E-state index contributed by atoms with van der Waals surface area (Å²) < 4.78 is 28.7. The largest absolute Gasteiger partial charge is 0.370 e. The van der Waals surface area contributed by atoms with Crippen molar-refractivity contribution in [3.63, 3.8) is 0 Å². The van der Waals surface area contributed by atoms with Crippen molar-refractivity contribution in [1.29, 1.82) is 0 Å². The standard InChI is InChI=1S/C28H52O5/c1(3-7-13-21-29-27-19-11-15-23-31-27)5-9-17-25-26(33-25)18-10-6-2-4-8-14-22-30-28-20-12-16-24-32-28/h25-28H,1-24H2. The van der Waals surface area contributed by atoms with Gasteiger partial charge in [0.2, 0.25) is 0 Å². The van der Waals surface area contributed by atoms with Crippen LogP contribution >= 0.6 is 0 Å². The van der Waals surface area contributed by atoms with E-state index >= 15 is 0 Å². The van der Waals surface area contributed by atoms with Crippen LogP contribution in [0.1, 0.15) is 128 Å². The molecule has 3 fully saturated rings. The molecule has 0 N–H and O–H groups in total. The van der Waals surface area contributed by atoms with Crippen molar-refractivity contribution in [2.75, 3.05) is 26.4 Å². The minimum atomic E-state index is 0.0805. The van der Waals surface area contributed by atoms with Crippen molar-refractivity contribution in [2.24, 2.45) is 0 Å². The molecule has 4 atom stereocenters. The quantitative estimate of drug-likeness (QED) is 0.139. The summed E-state index contributed by atoms with van der Waals surface area (Å²) in [5, 5.41) is 0. The van der Waals surface area contributed by atoms with Gasteiger partial charge in [0.25, 0.3) is 0 Å². The molecule has 3 saturated heterocycles. The molecule has 0 aromatic rings. The molecule has 0 saturated carbocycles. The Hall–Kier alpha value is -0.200. The van der Waals surface area contributed by atoms with Crippen LogP contribution in [-0.4, -0.2) is 51.2 Å². The van der Waals surface area contributed by atoms with Crippen molar-refractivity contribution in [2.45, 2.75) is 153 Å². The molecule has 0 bridgehead atoms. The van der Waals surface area contributed by atoms with Crippen LogP contribution in [0.25, 0.3) is 0 Å². The minimum absolute atomic E-state index is 0.0805. The van der Waals surface area contributed by atoms with Gasteiger partial charge in [-0.3, -0.25) is 0 Å². The highest BCUT2D eigenvalue weighted by Crippen LogP contribution is 2.32. The average molecular weight is 469 g/mol. The van der Waals surface area contributed by atoms with Crippen LogP contribution in [0.3, 0.4) is 0 Å². The summed E-state index contributed by atoms with van der Waals surface area (Å²) in [6.07, 6.45) is 26.6. The Balaban J connectivity index is 0.980.